The van der Waals surface area contributed by atoms with Crippen molar-refractivity contribution in [2.75, 3.05) is 0 Å². The molecule has 3 aliphatic rings. The Morgan fingerprint density at radius 3 is 2.89 bits per heavy atom. The molecule has 1 fully saturated rings. The maximum atomic E-state index is 2.39. The molecule has 2 unspecified atom stereocenters. The molecule has 0 spiro atoms. The molecule has 2 atom stereocenters. The quantitative estimate of drug-likeness (QED) is 0.646. The lowest BCUT2D eigenvalue weighted by Crippen LogP contribution is -1.95. The number of hydrogen-bond acceptors (Lipinski definition) is 0. The van der Waals surface area contributed by atoms with Crippen LogP contribution in [0.15, 0.2) is 54.2 Å². The molecule has 4 rings (SSSR count). The second-order valence-corrected chi connectivity index (χ2v) is 5.85. The molecule has 0 heteroatoms. The number of hydrogen-bond donors (Lipinski definition) is 0. The highest BCUT2D eigenvalue weighted by molar-refractivity contribution is 5.80. The molecule has 0 aliphatic heterocycles. The first-order valence-corrected chi connectivity index (χ1v) is 7.19. The molecule has 0 heterocycles. The Kier molecular flexibility index (Phi) is 2.38. The van der Waals surface area contributed by atoms with Gasteiger partial charge in [-0.2, -0.15) is 0 Å². The minimum absolute atomic E-state index is 0.814. The maximum absolute atomic E-state index is 2.39. The van der Waals surface area contributed by atoms with Crippen LogP contribution in [0.25, 0.3) is 11.6 Å². The second-order valence-electron chi connectivity index (χ2n) is 5.85. The van der Waals surface area contributed by atoms with Gasteiger partial charge in [-0.1, -0.05) is 48.6 Å². The van der Waals surface area contributed by atoms with E-state index in [1.807, 2.05) is 0 Å². The molecule has 0 bridgehead atoms. The van der Waals surface area contributed by atoms with Crippen molar-refractivity contribution >= 4 is 11.6 Å². The zero-order valence-corrected chi connectivity index (χ0v) is 11.3. The standard InChI is InChI=1S/C19H18/c1-13-5-3-2-4-6-17(13)14-9-10-18-15(11-14)7-8-16-12-19(16)18/h3-11,16,19H,2,12H2,1H3. The van der Waals surface area contributed by atoms with E-state index < -0.39 is 0 Å². The van der Waals surface area contributed by atoms with Gasteiger partial charge in [-0.3, -0.25) is 0 Å². The highest BCUT2D eigenvalue weighted by atomic mass is 14.4. The molecule has 1 saturated carbocycles. The van der Waals surface area contributed by atoms with E-state index in [1.54, 1.807) is 5.56 Å². The highest BCUT2D eigenvalue weighted by Crippen LogP contribution is 2.52. The van der Waals surface area contributed by atoms with Crippen LogP contribution in [0.2, 0.25) is 0 Å². The summed E-state index contributed by atoms with van der Waals surface area (Å²) in [6.45, 7) is 2.20. The molecule has 1 aromatic carbocycles. The van der Waals surface area contributed by atoms with Gasteiger partial charge in [0.05, 0.1) is 0 Å². The first-order chi connectivity index (χ1) is 9.33. The van der Waals surface area contributed by atoms with Crippen LogP contribution in [0.1, 0.15) is 42.4 Å². The summed E-state index contributed by atoms with van der Waals surface area (Å²) in [4.78, 5) is 0. The number of allylic oxidation sites excluding steroid dienone is 7. The van der Waals surface area contributed by atoms with E-state index >= 15 is 0 Å². The predicted octanol–water partition coefficient (Wildman–Crippen LogP) is 5.11. The summed E-state index contributed by atoms with van der Waals surface area (Å²) in [5, 5.41) is 0. The van der Waals surface area contributed by atoms with Crippen molar-refractivity contribution in [1.82, 2.24) is 0 Å². The SMILES string of the molecule is CC1=C(c2ccc3c(c2)C=CC2CC32)C=CCC=C1. The Morgan fingerprint density at radius 2 is 1.95 bits per heavy atom. The first-order valence-electron chi connectivity index (χ1n) is 7.19. The Morgan fingerprint density at radius 1 is 1.05 bits per heavy atom. The summed E-state index contributed by atoms with van der Waals surface area (Å²) >= 11 is 0. The average molecular weight is 246 g/mol. The Labute approximate surface area is 114 Å². The third kappa shape index (κ3) is 1.83. The summed E-state index contributed by atoms with van der Waals surface area (Å²) in [7, 11) is 0. The van der Waals surface area contributed by atoms with Crippen molar-refractivity contribution in [2.24, 2.45) is 5.92 Å². The molecular weight excluding hydrogens is 228 g/mol. The normalized spacial score (nSPS) is 27.0. The van der Waals surface area contributed by atoms with E-state index in [4.69, 9.17) is 0 Å². The van der Waals surface area contributed by atoms with E-state index in [9.17, 15) is 0 Å². The lowest BCUT2D eigenvalue weighted by molar-refractivity contribution is 0.995. The summed E-state index contributed by atoms with van der Waals surface area (Å²) in [6, 6.07) is 7.01. The van der Waals surface area contributed by atoms with Gasteiger partial charge in [0.25, 0.3) is 0 Å². The fourth-order valence-electron chi connectivity index (χ4n) is 3.29. The Hall–Kier alpha value is -1.82. The van der Waals surface area contributed by atoms with E-state index in [2.05, 4.69) is 61.6 Å². The van der Waals surface area contributed by atoms with Crippen LogP contribution in [-0.2, 0) is 0 Å². The van der Waals surface area contributed by atoms with Crippen molar-refractivity contribution in [3.8, 4) is 0 Å². The largest absolute Gasteiger partial charge is 0.0805 e. The van der Waals surface area contributed by atoms with Crippen molar-refractivity contribution in [3.63, 3.8) is 0 Å². The number of rotatable bonds is 1. The lowest BCUT2D eigenvalue weighted by Gasteiger charge is -2.13. The molecule has 0 nitrogen and oxygen atoms in total. The third-order valence-corrected chi connectivity index (χ3v) is 4.51. The van der Waals surface area contributed by atoms with E-state index in [0.717, 1.165) is 18.3 Å². The summed E-state index contributed by atoms with van der Waals surface area (Å²) in [5.74, 6) is 1.65. The van der Waals surface area contributed by atoms with Crippen LogP contribution in [-0.4, -0.2) is 0 Å². The van der Waals surface area contributed by atoms with Gasteiger partial charge in [0.15, 0.2) is 0 Å². The van der Waals surface area contributed by atoms with Crippen LogP contribution in [0.5, 0.6) is 0 Å². The summed E-state index contributed by atoms with van der Waals surface area (Å²) < 4.78 is 0. The molecule has 0 N–H and O–H groups in total. The molecule has 94 valence electrons. The topological polar surface area (TPSA) is 0 Å². The zero-order valence-electron chi connectivity index (χ0n) is 11.3. The van der Waals surface area contributed by atoms with Gasteiger partial charge in [0.2, 0.25) is 0 Å². The van der Waals surface area contributed by atoms with Gasteiger partial charge in [-0.25, -0.2) is 0 Å². The van der Waals surface area contributed by atoms with Crippen LogP contribution >= 0.6 is 0 Å². The van der Waals surface area contributed by atoms with Crippen LogP contribution < -0.4 is 0 Å². The monoisotopic (exact) mass is 246 g/mol. The molecule has 0 amide bonds. The molecule has 19 heavy (non-hydrogen) atoms. The van der Waals surface area contributed by atoms with Gasteiger partial charge in [0, 0.05) is 0 Å². The minimum atomic E-state index is 0.814. The molecule has 0 saturated heterocycles. The molecular formula is C19H18. The number of benzene rings is 1. The Balaban J connectivity index is 1.81. The van der Waals surface area contributed by atoms with Crippen LogP contribution in [0.3, 0.4) is 0 Å². The van der Waals surface area contributed by atoms with E-state index in [-0.39, 0.29) is 0 Å². The highest BCUT2D eigenvalue weighted by Gasteiger charge is 2.39. The van der Waals surface area contributed by atoms with Gasteiger partial charge in [0.1, 0.15) is 0 Å². The van der Waals surface area contributed by atoms with Crippen molar-refractivity contribution in [1.29, 1.82) is 0 Å². The average Bonchev–Trinajstić information content (AvgIpc) is 3.22. The molecule has 0 radical (unpaired) electrons. The van der Waals surface area contributed by atoms with Crippen molar-refractivity contribution < 1.29 is 0 Å². The van der Waals surface area contributed by atoms with E-state index in [0.29, 0.717) is 0 Å². The van der Waals surface area contributed by atoms with Gasteiger partial charge in [-0.15, -0.1) is 0 Å². The first kappa shape index (κ1) is 11.0. The van der Waals surface area contributed by atoms with Gasteiger partial charge in [-0.05, 0) is 65.5 Å². The Bertz CT molecular complexity index is 653. The van der Waals surface area contributed by atoms with Crippen molar-refractivity contribution in [2.45, 2.75) is 25.7 Å². The lowest BCUT2D eigenvalue weighted by atomic mass is 9.91. The maximum Gasteiger partial charge on any atom is -0.00869 e. The zero-order chi connectivity index (χ0) is 12.8. The fourth-order valence-corrected chi connectivity index (χ4v) is 3.29. The minimum Gasteiger partial charge on any atom is -0.0805 e. The predicted molar refractivity (Wildman–Crippen MR) is 81.8 cm³/mol. The molecule has 1 aromatic rings. The van der Waals surface area contributed by atoms with E-state index in [1.165, 1.54) is 28.7 Å². The fraction of sp³-hybridized carbons (Fsp3) is 0.263. The van der Waals surface area contributed by atoms with Crippen LogP contribution in [0.4, 0.5) is 0 Å². The third-order valence-electron chi connectivity index (χ3n) is 4.51. The van der Waals surface area contributed by atoms with Crippen LogP contribution in [0, 0.1) is 5.92 Å². The molecule has 3 aliphatic carbocycles. The summed E-state index contributed by atoms with van der Waals surface area (Å²) in [5.41, 5.74) is 7.06. The smallest absolute Gasteiger partial charge is 0.00869 e. The number of fused-ring (bicyclic) bond motifs is 3. The molecule has 0 aromatic heterocycles. The summed E-state index contributed by atoms with van der Waals surface area (Å²) in [6.07, 6.45) is 16.1. The van der Waals surface area contributed by atoms with Crippen molar-refractivity contribution in [3.05, 3.63) is 70.8 Å². The van der Waals surface area contributed by atoms with Gasteiger partial charge >= 0.3 is 0 Å². The van der Waals surface area contributed by atoms with Gasteiger partial charge < -0.3 is 0 Å². The second kappa shape index (κ2) is 4.09.